The summed E-state index contributed by atoms with van der Waals surface area (Å²) in [5.74, 6) is 0. The van der Waals surface area contributed by atoms with E-state index in [0.29, 0.717) is 6.04 Å². The van der Waals surface area contributed by atoms with Crippen LogP contribution in [-0.4, -0.2) is 47.8 Å². The standard InChI is InChI=1S/C10H16N4O/c1-8-7-14(4-3-13(8)2)9-5-10(15)12-11-6-9/h5-6,8H,3-4,7H2,1-2H3,(H,12,15). The van der Waals surface area contributed by atoms with Crippen molar-refractivity contribution in [1.82, 2.24) is 15.1 Å². The fourth-order valence-corrected chi connectivity index (χ4v) is 1.82. The molecule has 2 heterocycles. The summed E-state index contributed by atoms with van der Waals surface area (Å²) in [6.07, 6.45) is 1.71. The van der Waals surface area contributed by atoms with Crippen molar-refractivity contribution in [2.75, 3.05) is 31.6 Å². The van der Waals surface area contributed by atoms with Gasteiger partial charge in [0.1, 0.15) is 0 Å². The van der Waals surface area contributed by atoms with E-state index in [1.807, 2.05) is 0 Å². The molecule has 1 aliphatic heterocycles. The first-order chi connectivity index (χ1) is 7.16. The van der Waals surface area contributed by atoms with Gasteiger partial charge in [-0.2, -0.15) is 5.10 Å². The molecule has 1 aromatic rings. The number of aromatic nitrogens is 2. The van der Waals surface area contributed by atoms with E-state index in [4.69, 9.17) is 0 Å². The Kier molecular flexibility index (Phi) is 2.73. The molecule has 0 bridgehead atoms. The van der Waals surface area contributed by atoms with Crippen LogP contribution in [0.2, 0.25) is 0 Å². The van der Waals surface area contributed by atoms with Gasteiger partial charge >= 0.3 is 0 Å². The number of hydrogen-bond donors (Lipinski definition) is 1. The van der Waals surface area contributed by atoms with Crippen LogP contribution >= 0.6 is 0 Å². The van der Waals surface area contributed by atoms with E-state index in [1.165, 1.54) is 0 Å². The van der Waals surface area contributed by atoms with Crippen molar-refractivity contribution >= 4 is 5.69 Å². The molecule has 1 fully saturated rings. The Bertz CT molecular complexity index is 389. The fraction of sp³-hybridized carbons (Fsp3) is 0.600. The van der Waals surface area contributed by atoms with Gasteiger partial charge in [0.05, 0.1) is 11.9 Å². The third kappa shape index (κ3) is 2.18. The normalized spacial score (nSPS) is 23.1. The number of nitrogens with zero attached hydrogens (tertiary/aromatic N) is 3. The minimum atomic E-state index is -0.140. The maximum absolute atomic E-state index is 11.1. The van der Waals surface area contributed by atoms with Gasteiger partial charge in [0.2, 0.25) is 0 Å². The first-order valence-electron chi connectivity index (χ1n) is 5.17. The van der Waals surface area contributed by atoms with Crippen molar-refractivity contribution in [3.63, 3.8) is 0 Å². The van der Waals surface area contributed by atoms with Crippen molar-refractivity contribution in [1.29, 1.82) is 0 Å². The first-order valence-corrected chi connectivity index (χ1v) is 5.17. The molecule has 1 atom stereocenters. The van der Waals surface area contributed by atoms with Crippen LogP contribution in [0.5, 0.6) is 0 Å². The van der Waals surface area contributed by atoms with Crippen LogP contribution in [0.3, 0.4) is 0 Å². The lowest BCUT2D eigenvalue weighted by atomic mass is 10.2. The van der Waals surface area contributed by atoms with Crippen LogP contribution in [0.15, 0.2) is 17.1 Å². The SMILES string of the molecule is CC1CN(c2cn[nH]c(=O)c2)CCN1C. The fourth-order valence-electron chi connectivity index (χ4n) is 1.82. The van der Waals surface area contributed by atoms with E-state index >= 15 is 0 Å². The lowest BCUT2D eigenvalue weighted by molar-refractivity contribution is 0.234. The van der Waals surface area contributed by atoms with Crippen molar-refractivity contribution in [3.05, 3.63) is 22.6 Å². The number of piperazine rings is 1. The van der Waals surface area contributed by atoms with E-state index < -0.39 is 0 Å². The molecule has 1 saturated heterocycles. The average Bonchev–Trinajstić information content (AvgIpc) is 2.22. The van der Waals surface area contributed by atoms with Crippen molar-refractivity contribution in [2.24, 2.45) is 0 Å². The molecule has 1 aliphatic rings. The quantitative estimate of drug-likeness (QED) is 0.701. The minimum absolute atomic E-state index is 0.140. The van der Waals surface area contributed by atoms with E-state index in [2.05, 4.69) is 34.0 Å². The lowest BCUT2D eigenvalue weighted by Crippen LogP contribution is -2.50. The van der Waals surface area contributed by atoms with Crippen LogP contribution in [0.1, 0.15) is 6.92 Å². The second kappa shape index (κ2) is 4.02. The summed E-state index contributed by atoms with van der Waals surface area (Å²) in [5.41, 5.74) is 0.776. The van der Waals surface area contributed by atoms with E-state index in [9.17, 15) is 4.79 Å². The number of rotatable bonds is 1. The van der Waals surface area contributed by atoms with Gasteiger partial charge in [0, 0.05) is 31.7 Å². The molecule has 0 spiro atoms. The molecule has 0 radical (unpaired) electrons. The van der Waals surface area contributed by atoms with Gasteiger partial charge in [-0.25, -0.2) is 5.10 Å². The van der Waals surface area contributed by atoms with Crippen molar-refractivity contribution in [3.8, 4) is 0 Å². The summed E-state index contributed by atoms with van der Waals surface area (Å²) in [5, 5.41) is 6.20. The van der Waals surface area contributed by atoms with Gasteiger partial charge in [0.25, 0.3) is 5.56 Å². The van der Waals surface area contributed by atoms with Crippen LogP contribution in [0, 0.1) is 0 Å². The summed E-state index contributed by atoms with van der Waals surface area (Å²) in [6.45, 7) is 5.11. The number of aromatic amines is 1. The van der Waals surface area contributed by atoms with Crippen LogP contribution in [-0.2, 0) is 0 Å². The Hall–Kier alpha value is -1.36. The molecule has 0 saturated carbocycles. The largest absolute Gasteiger partial charge is 0.367 e. The van der Waals surface area contributed by atoms with Gasteiger partial charge < -0.3 is 9.80 Å². The highest BCUT2D eigenvalue weighted by atomic mass is 16.1. The Labute approximate surface area is 88.7 Å². The van der Waals surface area contributed by atoms with E-state index in [-0.39, 0.29) is 5.56 Å². The average molecular weight is 208 g/mol. The maximum atomic E-state index is 11.1. The monoisotopic (exact) mass is 208 g/mol. The Morgan fingerprint density at radius 1 is 1.53 bits per heavy atom. The Balaban J connectivity index is 2.15. The summed E-state index contributed by atoms with van der Waals surface area (Å²) < 4.78 is 0. The smallest absolute Gasteiger partial charge is 0.266 e. The van der Waals surface area contributed by atoms with Crippen molar-refractivity contribution in [2.45, 2.75) is 13.0 Å². The predicted octanol–water partition coefficient (Wildman–Crippen LogP) is -0.0898. The van der Waals surface area contributed by atoms with Gasteiger partial charge in [-0.05, 0) is 14.0 Å². The zero-order chi connectivity index (χ0) is 10.8. The summed E-state index contributed by atoms with van der Waals surface area (Å²) >= 11 is 0. The number of nitrogens with one attached hydrogen (secondary N) is 1. The van der Waals surface area contributed by atoms with E-state index in [0.717, 1.165) is 25.3 Å². The lowest BCUT2D eigenvalue weighted by Gasteiger charge is -2.38. The molecule has 1 N–H and O–H groups in total. The second-order valence-electron chi connectivity index (χ2n) is 4.08. The molecule has 82 valence electrons. The topological polar surface area (TPSA) is 52.2 Å². The molecule has 1 aromatic heterocycles. The van der Waals surface area contributed by atoms with Crippen LogP contribution < -0.4 is 10.5 Å². The predicted molar refractivity (Wildman–Crippen MR) is 59.2 cm³/mol. The Morgan fingerprint density at radius 3 is 3.00 bits per heavy atom. The molecule has 5 nitrogen and oxygen atoms in total. The third-order valence-corrected chi connectivity index (χ3v) is 2.98. The molecule has 1 unspecified atom stereocenters. The Morgan fingerprint density at radius 2 is 2.33 bits per heavy atom. The number of likely N-dealkylation sites (N-methyl/N-ethyl adjacent to an activating group) is 1. The summed E-state index contributed by atoms with van der Waals surface area (Å²) in [4.78, 5) is 15.6. The molecular weight excluding hydrogens is 192 g/mol. The highest BCUT2D eigenvalue weighted by Gasteiger charge is 2.20. The summed E-state index contributed by atoms with van der Waals surface area (Å²) in [7, 11) is 2.12. The molecule has 0 aromatic carbocycles. The molecule has 0 aliphatic carbocycles. The van der Waals surface area contributed by atoms with Gasteiger partial charge in [0.15, 0.2) is 0 Å². The highest BCUT2D eigenvalue weighted by molar-refractivity contribution is 5.43. The van der Waals surface area contributed by atoms with Gasteiger partial charge in [-0.15, -0.1) is 0 Å². The summed E-state index contributed by atoms with van der Waals surface area (Å²) in [6, 6.07) is 2.11. The number of hydrogen-bond acceptors (Lipinski definition) is 4. The van der Waals surface area contributed by atoms with Gasteiger partial charge in [-0.1, -0.05) is 0 Å². The molecular formula is C10H16N4O. The third-order valence-electron chi connectivity index (χ3n) is 2.98. The number of anilines is 1. The van der Waals surface area contributed by atoms with Crippen LogP contribution in [0.4, 0.5) is 5.69 Å². The highest BCUT2D eigenvalue weighted by Crippen LogP contribution is 2.14. The van der Waals surface area contributed by atoms with E-state index in [1.54, 1.807) is 12.3 Å². The zero-order valence-corrected chi connectivity index (χ0v) is 9.10. The van der Waals surface area contributed by atoms with Gasteiger partial charge in [-0.3, -0.25) is 4.79 Å². The zero-order valence-electron chi connectivity index (χ0n) is 9.10. The maximum Gasteiger partial charge on any atom is 0.266 e. The molecule has 2 rings (SSSR count). The van der Waals surface area contributed by atoms with Crippen LogP contribution in [0.25, 0.3) is 0 Å². The second-order valence-corrected chi connectivity index (χ2v) is 4.08. The number of H-pyrrole nitrogens is 1. The first kappa shape index (κ1) is 10.2. The molecule has 5 heteroatoms. The minimum Gasteiger partial charge on any atom is -0.367 e. The molecule has 15 heavy (non-hydrogen) atoms. The molecule has 0 amide bonds. The van der Waals surface area contributed by atoms with Crippen molar-refractivity contribution < 1.29 is 0 Å².